The summed E-state index contributed by atoms with van der Waals surface area (Å²) < 4.78 is 19.8. The summed E-state index contributed by atoms with van der Waals surface area (Å²) >= 11 is 0. The summed E-state index contributed by atoms with van der Waals surface area (Å²) in [7, 11) is 3.26. The van der Waals surface area contributed by atoms with Gasteiger partial charge in [-0.3, -0.25) is 4.90 Å². The first-order valence-corrected chi connectivity index (χ1v) is 11.8. The smallest absolute Gasteiger partial charge is 0.234 e. The largest absolute Gasteiger partial charge is 0.493 e. The van der Waals surface area contributed by atoms with E-state index < -0.39 is 0 Å². The van der Waals surface area contributed by atoms with Gasteiger partial charge in [0.1, 0.15) is 6.04 Å². The lowest BCUT2D eigenvalue weighted by Crippen LogP contribution is -2.39. The highest BCUT2D eigenvalue weighted by Crippen LogP contribution is 2.38. The van der Waals surface area contributed by atoms with Crippen molar-refractivity contribution in [3.8, 4) is 23.1 Å². The van der Waals surface area contributed by atoms with Gasteiger partial charge in [-0.15, -0.1) is 5.10 Å². The SMILES string of the molecule is [C-]#[N+]CC1c2cc(OC)c(OC)cc2CCN1CCn1ncc2c1nc(N)n1nc(-c3ccco3)nc21. The third-order valence-electron chi connectivity index (χ3n) is 6.82. The van der Waals surface area contributed by atoms with Crippen molar-refractivity contribution in [2.75, 3.05) is 39.6 Å². The number of ether oxygens (including phenoxy) is 2. The Morgan fingerprint density at radius 3 is 2.76 bits per heavy atom. The fourth-order valence-electron chi connectivity index (χ4n) is 5.00. The second-order valence-electron chi connectivity index (χ2n) is 8.77. The molecule has 1 aromatic carbocycles. The number of hydrogen-bond donors (Lipinski definition) is 1. The molecule has 0 saturated heterocycles. The number of rotatable bonds is 7. The van der Waals surface area contributed by atoms with Gasteiger partial charge in [0.25, 0.3) is 0 Å². The average molecular weight is 500 g/mol. The fourth-order valence-corrected chi connectivity index (χ4v) is 5.00. The molecule has 2 N–H and O–H groups in total. The van der Waals surface area contributed by atoms with E-state index in [1.54, 1.807) is 38.8 Å². The van der Waals surface area contributed by atoms with Gasteiger partial charge in [-0.1, -0.05) is 0 Å². The first-order valence-electron chi connectivity index (χ1n) is 11.8. The van der Waals surface area contributed by atoms with Gasteiger partial charge in [0.05, 0.1) is 38.6 Å². The first-order chi connectivity index (χ1) is 18.1. The van der Waals surface area contributed by atoms with E-state index in [0.29, 0.717) is 54.0 Å². The summed E-state index contributed by atoms with van der Waals surface area (Å²) in [6.07, 6.45) is 4.16. The van der Waals surface area contributed by atoms with Gasteiger partial charge in [-0.05, 0) is 41.8 Å². The second-order valence-corrected chi connectivity index (χ2v) is 8.77. The summed E-state index contributed by atoms with van der Waals surface area (Å²) in [6, 6.07) is 7.54. The second kappa shape index (κ2) is 9.11. The van der Waals surface area contributed by atoms with E-state index in [-0.39, 0.29) is 12.0 Å². The Morgan fingerprint density at radius 2 is 2.00 bits per heavy atom. The van der Waals surface area contributed by atoms with E-state index in [4.69, 9.17) is 26.2 Å². The van der Waals surface area contributed by atoms with E-state index in [1.165, 1.54) is 10.1 Å². The van der Waals surface area contributed by atoms with Crippen LogP contribution in [-0.4, -0.2) is 68.1 Å². The van der Waals surface area contributed by atoms with Crippen LogP contribution in [0, 0.1) is 6.57 Å². The molecule has 0 fully saturated rings. The number of hydrogen-bond acceptors (Lipinski definition) is 9. The number of nitrogens with two attached hydrogens (primary N) is 1. The Kier molecular flexibility index (Phi) is 5.61. The quantitative estimate of drug-likeness (QED) is 0.336. The van der Waals surface area contributed by atoms with Gasteiger partial charge in [0.15, 0.2) is 28.6 Å². The summed E-state index contributed by atoms with van der Waals surface area (Å²) in [5.74, 6) is 2.57. The number of fused-ring (bicyclic) bond motifs is 4. The van der Waals surface area contributed by atoms with Crippen LogP contribution in [0.2, 0.25) is 0 Å². The van der Waals surface area contributed by atoms with E-state index in [1.807, 2.05) is 16.8 Å². The minimum Gasteiger partial charge on any atom is -0.493 e. The van der Waals surface area contributed by atoms with Crippen LogP contribution >= 0.6 is 0 Å². The number of benzene rings is 1. The van der Waals surface area contributed by atoms with Crippen molar-refractivity contribution < 1.29 is 13.9 Å². The molecule has 1 atom stereocenters. The van der Waals surface area contributed by atoms with Gasteiger partial charge in [-0.2, -0.15) is 14.6 Å². The Labute approximate surface area is 212 Å². The van der Waals surface area contributed by atoms with E-state index in [0.717, 1.165) is 23.9 Å². The van der Waals surface area contributed by atoms with Crippen LogP contribution in [0.15, 0.2) is 41.1 Å². The van der Waals surface area contributed by atoms with Crippen molar-refractivity contribution in [2.24, 2.45) is 0 Å². The lowest BCUT2D eigenvalue weighted by atomic mass is 9.91. The Bertz CT molecular complexity index is 1630. The third-order valence-corrected chi connectivity index (χ3v) is 6.82. The molecule has 12 nitrogen and oxygen atoms in total. The summed E-state index contributed by atoms with van der Waals surface area (Å²) in [5, 5.41) is 9.77. The van der Waals surface area contributed by atoms with Gasteiger partial charge in [0, 0.05) is 13.1 Å². The van der Waals surface area contributed by atoms with Gasteiger partial charge >= 0.3 is 0 Å². The number of anilines is 1. The molecule has 1 aliphatic rings. The number of aromatic nitrogens is 6. The van der Waals surface area contributed by atoms with Crippen LogP contribution in [0.25, 0.3) is 33.1 Å². The maximum absolute atomic E-state index is 7.56. The molecule has 12 heteroatoms. The molecule has 0 amide bonds. The number of furan rings is 1. The van der Waals surface area contributed by atoms with Crippen LogP contribution in [0.1, 0.15) is 17.2 Å². The topological polar surface area (TPSA) is 126 Å². The van der Waals surface area contributed by atoms with Crippen LogP contribution in [0.4, 0.5) is 5.95 Å². The molecule has 1 unspecified atom stereocenters. The predicted octanol–water partition coefficient (Wildman–Crippen LogP) is 2.85. The Hall–Kier alpha value is -4.63. The van der Waals surface area contributed by atoms with Crippen molar-refractivity contribution in [3.05, 3.63) is 59.3 Å². The number of nitrogens with zero attached hydrogens (tertiary/aromatic N) is 8. The molecule has 0 bridgehead atoms. The molecular weight excluding hydrogens is 474 g/mol. The van der Waals surface area contributed by atoms with Gasteiger partial charge in [0.2, 0.25) is 18.3 Å². The van der Waals surface area contributed by atoms with Crippen molar-refractivity contribution in [1.29, 1.82) is 0 Å². The van der Waals surface area contributed by atoms with Crippen LogP contribution in [0.3, 0.4) is 0 Å². The van der Waals surface area contributed by atoms with Crippen molar-refractivity contribution in [1.82, 2.24) is 34.3 Å². The molecule has 0 radical (unpaired) electrons. The summed E-state index contributed by atoms with van der Waals surface area (Å²) in [4.78, 5) is 15.2. The molecule has 37 heavy (non-hydrogen) atoms. The molecule has 0 aliphatic carbocycles. The normalized spacial score (nSPS) is 15.6. The van der Waals surface area contributed by atoms with E-state index >= 15 is 0 Å². The van der Waals surface area contributed by atoms with Crippen molar-refractivity contribution in [2.45, 2.75) is 19.0 Å². The molecule has 0 saturated carbocycles. The van der Waals surface area contributed by atoms with Crippen molar-refractivity contribution >= 4 is 22.6 Å². The van der Waals surface area contributed by atoms with Gasteiger partial charge in [-0.25, -0.2) is 16.2 Å². The maximum Gasteiger partial charge on any atom is 0.234 e. The minimum absolute atomic E-state index is 0.0556. The standard InChI is InChI=1S/C25H25N9O3/c1-27-14-18-16-12-21(36-3)20(35-2)11-15(16)6-7-32(18)8-9-33-23-17(13-28-33)24-29-22(19-5-4-10-37-19)31-34(24)25(26)30-23/h4-5,10-13,18H,6-9,14H2,2-3H3,(H2,26,30). The highest BCUT2D eigenvalue weighted by atomic mass is 16.5. The maximum atomic E-state index is 7.56. The Morgan fingerprint density at radius 1 is 1.16 bits per heavy atom. The van der Waals surface area contributed by atoms with Crippen molar-refractivity contribution in [3.63, 3.8) is 0 Å². The molecule has 4 aromatic heterocycles. The summed E-state index contributed by atoms with van der Waals surface area (Å²) in [5.41, 5.74) is 9.72. The predicted molar refractivity (Wildman–Crippen MR) is 135 cm³/mol. The summed E-state index contributed by atoms with van der Waals surface area (Å²) in [6.45, 7) is 9.98. The highest BCUT2D eigenvalue weighted by molar-refractivity contribution is 5.90. The zero-order chi connectivity index (χ0) is 25.5. The van der Waals surface area contributed by atoms with Crippen LogP contribution in [0.5, 0.6) is 11.5 Å². The molecule has 188 valence electrons. The number of nitrogen functional groups attached to an aromatic ring is 1. The molecular formula is C25H25N9O3. The molecule has 5 aromatic rings. The van der Waals surface area contributed by atoms with Crippen LogP contribution < -0.4 is 15.2 Å². The molecule has 5 heterocycles. The van der Waals surface area contributed by atoms with Crippen LogP contribution in [-0.2, 0) is 13.0 Å². The Balaban J connectivity index is 1.30. The lowest BCUT2D eigenvalue weighted by molar-refractivity contribution is 0.186. The lowest BCUT2D eigenvalue weighted by Gasteiger charge is -2.35. The zero-order valence-electron chi connectivity index (χ0n) is 20.5. The van der Waals surface area contributed by atoms with E-state index in [2.05, 4.69) is 29.9 Å². The first kappa shape index (κ1) is 22.8. The van der Waals surface area contributed by atoms with E-state index in [9.17, 15) is 0 Å². The molecule has 0 spiro atoms. The average Bonchev–Trinajstić information content (AvgIpc) is 3.67. The third kappa shape index (κ3) is 3.80. The molecule has 1 aliphatic heterocycles. The molecule has 6 rings (SSSR count). The highest BCUT2D eigenvalue weighted by Gasteiger charge is 2.31. The zero-order valence-corrected chi connectivity index (χ0v) is 20.5. The number of methoxy groups -OCH3 is 2. The van der Waals surface area contributed by atoms with Gasteiger partial charge < -0.3 is 24.5 Å². The minimum atomic E-state index is -0.0556. The monoisotopic (exact) mass is 499 g/mol. The fraction of sp³-hybridized carbons (Fsp3) is 0.320.